The van der Waals surface area contributed by atoms with Crippen LogP contribution in [0.1, 0.15) is 28.3 Å². The van der Waals surface area contributed by atoms with Crippen molar-refractivity contribution in [3.63, 3.8) is 0 Å². The molecule has 0 aliphatic carbocycles. The van der Waals surface area contributed by atoms with E-state index >= 15 is 0 Å². The van der Waals surface area contributed by atoms with Crippen LogP contribution in [0.3, 0.4) is 0 Å². The second kappa shape index (κ2) is 7.17. The SMILES string of the molecule is Nc1nc2c(s1)C(c1ccccc1OCCc1ccccc1)CC(=O)N2. The Bertz CT molecular complexity index is 924. The Labute approximate surface area is 155 Å². The lowest BCUT2D eigenvalue weighted by Crippen LogP contribution is -2.23. The molecule has 3 N–H and O–H groups in total. The van der Waals surface area contributed by atoms with Crippen molar-refractivity contribution >= 4 is 28.2 Å². The Morgan fingerprint density at radius 1 is 1.15 bits per heavy atom. The number of ether oxygens (including phenoxy) is 1. The number of fused-ring (bicyclic) bond motifs is 1. The second-order valence-corrected chi connectivity index (χ2v) is 7.25. The number of thiazole rings is 1. The molecule has 1 aliphatic rings. The maximum atomic E-state index is 12.1. The summed E-state index contributed by atoms with van der Waals surface area (Å²) in [5.74, 6) is 1.25. The van der Waals surface area contributed by atoms with E-state index in [1.807, 2.05) is 42.5 Å². The number of carbonyl (C=O) groups excluding carboxylic acids is 1. The van der Waals surface area contributed by atoms with Crippen molar-refractivity contribution < 1.29 is 9.53 Å². The Hall–Kier alpha value is -2.86. The van der Waals surface area contributed by atoms with E-state index in [1.165, 1.54) is 16.9 Å². The highest BCUT2D eigenvalue weighted by Crippen LogP contribution is 2.44. The molecule has 1 unspecified atom stereocenters. The van der Waals surface area contributed by atoms with Crippen LogP contribution in [0, 0.1) is 0 Å². The standard InChI is InChI=1S/C20H19N3O2S/c21-20-23-19-18(26-20)15(12-17(24)22-19)14-8-4-5-9-16(14)25-11-10-13-6-2-1-3-7-13/h1-9,15H,10-12H2,(H2,21,23)(H,22,24). The summed E-state index contributed by atoms with van der Waals surface area (Å²) in [5, 5.41) is 3.27. The first-order chi connectivity index (χ1) is 12.7. The molecule has 2 heterocycles. The van der Waals surface area contributed by atoms with E-state index in [9.17, 15) is 4.79 Å². The van der Waals surface area contributed by atoms with Crippen molar-refractivity contribution in [2.75, 3.05) is 17.7 Å². The lowest BCUT2D eigenvalue weighted by atomic mass is 9.91. The van der Waals surface area contributed by atoms with Gasteiger partial charge in [-0.1, -0.05) is 59.9 Å². The Morgan fingerprint density at radius 3 is 2.77 bits per heavy atom. The van der Waals surface area contributed by atoms with E-state index in [2.05, 4.69) is 22.4 Å². The maximum absolute atomic E-state index is 12.1. The zero-order valence-electron chi connectivity index (χ0n) is 14.1. The number of carbonyl (C=O) groups is 1. The van der Waals surface area contributed by atoms with Crippen LogP contribution in [0.4, 0.5) is 10.9 Å². The van der Waals surface area contributed by atoms with Crippen LogP contribution < -0.4 is 15.8 Å². The maximum Gasteiger partial charge on any atom is 0.226 e. The number of nitrogens with zero attached hydrogens (tertiary/aromatic N) is 1. The average Bonchev–Trinajstić information content (AvgIpc) is 3.02. The molecule has 0 radical (unpaired) electrons. The number of rotatable bonds is 5. The summed E-state index contributed by atoms with van der Waals surface area (Å²) in [7, 11) is 0. The number of anilines is 2. The Morgan fingerprint density at radius 2 is 1.92 bits per heavy atom. The first-order valence-corrected chi connectivity index (χ1v) is 9.34. The smallest absolute Gasteiger partial charge is 0.226 e. The average molecular weight is 365 g/mol. The molecule has 2 aromatic carbocycles. The van der Waals surface area contributed by atoms with Crippen molar-refractivity contribution in [1.29, 1.82) is 0 Å². The lowest BCUT2D eigenvalue weighted by Gasteiger charge is -2.23. The normalized spacial score (nSPS) is 16.0. The van der Waals surface area contributed by atoms with Gasteiger partial charge in [-0.2, -0.15) is 0 Å². The summed E-state index contributed by atoms with van der Waals surface area (Å²) in [6.45, 7) is 0.581. The van der Waals surface area contributed by atoms with E-state index in [0.29, 0.717) is 24.0 Å². The number of hydrogen-bond acceptors (Lipinski definition) is 5. The van der Waals surface area contributed by atoms with Gasteiger partial charge in [-0.25, -0.2) is 4.98 Å². The quantitative estimate of drug-likeness (QED) is 0.720. The van der Waals surface area contributed by atoms with Crippen molar-refractivity contribution in [1.82, 2.24) is 4.98 Å². The third-order valence-corrected chi connectivity index (χ3v) is 5.42. The molecule has 0 saturated heterocycles. The van der Waals surface area contributed by atoms with Gasteiger partial charge in [-0.3, -0.25) is 4.79 Å². The van der Waals surface area contributed by atoms with Gasteiger partial charge in [0.2, 0.25) is 5.91 Å². The zero-order valence-corrected chi connectivity index (χ0v) is 15.0. The van der Waals surface area contributed by atoms with Crippen molar-refractivity contribution in [3.05, 3.63) is 70.6 Å². The molecule has 0 saturated carbocycles. The van der Waals surface area contributed by atoms with Crippen molar-refractivity contribution in [2.24, 2.45) is 0 Å². The molecule has 0 spiro atoms. The lowest BCUT2D eigenvalue weighted by molar-refractivity contribution is -0.116. The molecule has 0 bridgehead atoms. The minimum absolute atomic E-state index is 0.0492. The van der Waals surface area contributed by atoms with Gasteiger partial charge < -0.3 is 15.8 Å². The summed E-state index contributed by atoms with van der Waals surface area (Å²) in [4.78, 5) is 17.3. The van der Waals surface area contributed by atoms with Gasteiger partial charge in [0.05, 0.1) is 11.5 Å². The molecular weight excluding hydrogens is 346 g/mol. The number of aromatic nitrogens is 1. The van der Waals surface area contributed by atoms with Crippen LogP contribution >= 0.6 is 11.3 Å². The highest BCUT2D eigenvalue weighted by atomic mass is 32.1. The van der Waals surface area contributed by atoms with Crippen LogP contribution in [0.15, 0.2) is 54.6 Å². The predicted octanol–water partition coefficient (Wildman–Crippen LogP) is 3.82. The highest BCUT2D eigenvalue weighted by Gasteiger charge is 2.31. The first kappa shape index (κ1) is 16.6. The summed E-state index contributed by atoms with van der Waals surface area (Å²) < 4.78 is 6.07. The van der Waals surface area contributed by atoms with Crippen LogP contribution in [-0.2, 0) is 11.2 Å². The molecule has 4 rings (SSSR count). The number of nitrogen functional groups attached to an aromatic ring is 1. The molecule has 5 nitrogen and oxygen atoms in total. The number of benzene rings is 2. The number of hydrogen-bond donors (Lipinski definition) is 2. The van der Waals surface area contributed by atoms with Crippen LogP contribution in [0.25, 0.3) is 0 Å². The third-order valence-electron chi connectivity index (χ3n) is 4.42. The van der Waals surface area contributed by atoms with Crippen LogP contribution in [0.2, 0.25) is 0 Å². The third kappa shape index (κ3) is 3.41. The van der Waals surface area contributed by atoms with Crippen molar-refractivity contribution in [2.45, 2.75) is 18.8 Å². The van der Waals surface area contributed by atoms with Gasteiger partial charge in [-0.05, 0) is 11.6 Å². The van der Waals surface area contributed by atoms with Gasteiger partial charge in [0, 0.05) is 24.3 Å². The number of nitrogens with one attached hydrogen (secondary N) is 1. The summed E-state index contributed by atoms with van der Waals surface area (Å²) in [5.41, 5.74) is 8.09. The highest BCUT2D eigenvalue weighted by molar-refractivity contribution is 7.16. The largest absolute Gasteiger partial charge is 0.493 e. The topological polar surface area (TPSA) is 77.2 Å². The zero-order chi connectivity index (χ0) is 17.9. The van der Waals surface area contributed by atoms with Gasteiger partial charge >= 0.3 is 0 Å². The van der Waals surface area contributed by atoms with Gasteiger partial charge in [-0.15, -0.1) is 0 Å². The van der Waals surface area contributed by atoms with E-state index in [1.54, 1.807) is 0 Å². The molecular formula is C20H19N3O2S. The number of para-hydroxylation sites is 1. The van der Waals surface area contributed by atoms with Gasteiger partial charge in [0.25, 0.3) is 0 Å². The second-order valence-electron chi connectivity index (χ2n) is 6.19. The van der Waals surface area contributed by atoms with Gasteiger partial charge in [0.1, 0.15) is 11.6 Å². The summed E-state index contributed by atoms with van der Waals surface area (Å²) in [6.07, 6.45) is 1.20. The molecule has 6 heteroatoms. The van der Waals surface area contributed by atoms with E-state index < -0.39 is 0 Å². The fourth-order valence-corrected chi connectivity index (χ4v) is 4.12. The fourth-order valence-electron chi connectivity index (χ4n) is 3.21. The monoisotopic (exact) mass is 365 g/mol. The summed E-state index contributed by atoms with van der Waals surface area (Å²) >= 11 is 1.42. The Balaban J connectivity index is 1.57. The van der Waals surface area contributed by atoms with Gasteiger partial charge in [0.15, 0.2) is 5.13 Å². The molecule has 3 aromatic rings. The predicted molar refractivity (Wildman–Crippen MR) is 104 cm³/mol. The van der Waals surface area contributed by atoms with Crippen LogP contribution in [0.5, 0.6) is 5.75 Å². The van der Waals surface area contributed by atoms with E-state index in [0.717, 1.165) is 22.6 Å². The molecule has 1 amide bonds. The van der Waals surface area contributed by atoms with Crippen molar-refractivity contribution in [3.8, 4) is 5.75 Å². The number of amides is 1. The fraction of sp³-hybridized carbons (Fsp3) is 0.200. The van der Waals surface area contributed by atoms with E-state index in [-0.39, 0.29) is 11.8 Å². The molecule has 0 fully saturated rings. The minimum Gasteiger partial charge on any atom is -0.493 e. The molecule has 26 heavy (non-hydrogen) atoms. The molecule has 1 aliphatic heterocycles. The van der Waals surface area contributed by atoms with E-state index in [4.69, 9.17) is 10.5 Å². The molecule has 1 aromatic heterocycles. The molecule has 1 atom stereocenters. The molecule has 132 valence electrons. The minimum atomic E-state index is -0.0820. The Kier molecular flexibility index (Phi) is 4.58. The number of nitrogens with two attached hydrogens (primary N) is 1. The van der Waals surface area contributed by atoms with Crippen LogP contribution in [-0.4, -0.2) is 17.5 Å². The summed E-state index contributed by atoms with van der Waals surface area (Å²) in [6, 6.07) is 18.1. The first-order valence-electron chi connectivity index (χ1n) is 8.52.